The summed E-state index contributed by atoms with van der Waals surface area (Å²) in [4.78, 5) is 29.2. The lowest BCUT2D eigenvalue weighted by Gasteiger charge is -2.35. The van der Waals surface area contributed by atoms with E-state index in [1.54, 1.807) is 28.9 Å². The number of carbonyl (C=O) groups is 2. The molecule has 2 aromatic rings. The topological polar surface area (TPSA) is 84.2 Å². The fourth-order valence-electron chi connectivity index (χ4n) is 2.96. The molecule has 1 aromatic carbocycles. The van der Waals surface area contributed by atoms with Crippen molar-refractivity contribution < 1.29 is 9.59 Å². The average molecular weight is 377 g/mol. The number of aromatic nitrogens is 4. The van der Waals surface area contributed by atoms with Crippen LogP contribution in [-0.2, 0) is 9.59 Å². The third-order valence-electron chi connectivity index (χ3n) is 4.52. The Morgan fingerprint density at radius 2 is 1.73 bits per heavy atom. The predicted molar refractivity (Wildman–Crippen MR) is 96.4 cm³/mol. The van der Waals surface area contributed by atoms with Crippen LogP contribution in [-0.4, -0.2) is 68.0 Å². The lowest BCUT2D eigenvalue weighted by molar-refractivity contribution is -0.141. The quantitative estimate of drug-likeness (QED) is 0.809. The van der Waals surface area contributed by atoms with E-state index >= 15 is 0 Å². The Bertz CT molecular complexity index is 783. The first kappa shape index (κ1) is 18.3. The largest absolute Gasteiger partial charge is 0.339 e. The zero-order valence-corrected chi connectivity index (χ0v) is 15.6. The molecule has 2 amide bonds. The van der Waals surface area contributed by atoms with Gasteiger partial charge in [-0.25, -0.2) is 0 Å². The number of benzene rings is 1. The van der Waals surface area contributed by atoms with E-state index in [0.717, 1.165) is 5.56 Å². The van der Waals surface area contributed by atoms with Gasteiger partial charge in [0.1, 0.15) is 0 Å². The van der Waals surface area contributed by atoms with Gasteiger partial charge < -0.3 is 9.80 Å². The van der Waals surface area contributed by atoms with E-state index in [1.807, 2.05) is 19.1 Å². The van der Waals surface area contributed by atoms with Gasteiger partial charge in [-0.15, -0.1) is 10.2 Å². The van der Waals surface area contributed by atoms with Crippen LogP contribution in [0.5, 0.6) is 0 Å². The monoisotopic (exact) mass is 376 g/mol. The molecule has 1 aliphatic rings. The molecule has 0 N–H and O–H groups in total. The SMILES string of the molecule is CC[C@H](C(=O)N1CCN(C(C)=O)CC1)n1nnc(-c2ccc(Cl)cc2)n1. The molecule has 0 radical (unpaired) electrons. The second-order valence-electron chi connectivity index (χ2n) is 6.20. The molecule has 0 saturated carbocycles. The summed E-state index contributed by atoms with van der Waals surface area (Å²) in [5.74, 6) is 0.444. The van der Waals surface area contributed by atoms with Gasteiger partial charge in [0.15, 0.2) is 6.04 Å². The first-order valence-corrected chi connectivity index (χ1v) is 8.97. The van der Waals surface area contributed by atoms with Crippen LogP contribution >= 0.6 is 11.6 Å². The van der Waals surface area contributed by atoms with Crippen molar-refractivity contribution in [2.75, 3.05) is 26.2 Å². The molecule has 26 heavy (non-hydrogen) atoms. The number of carbonyl (C=O) groups excluding carboxylic acids is 2. The maximum atomic E-state index is 12.9. The van der Waals surface area contributed by atoms with Gasteiger partial charge in [-0.05, 0) is 35.9 Å². The van der Waals surface area contributed by atoms with E-state index in [9.17, 15) is 9.59 Å². The van der Waals surface area contributed by atoms with Crippen LogP contribution in [0.3, 0.4) is 0 Å². The van der Waals surface area contributed by atoms with Crippen molar-refractivity contribution in [3.8, 4) is 11.4 Å². The standard InChI is InChI=1S/C17H21ClN6O2/c1-3-15(17(26)23-10-8-22(9-11-23)12(2)25)24-20-16(19-21-24)13-4-6-14(18)7-5-13/h4-7,15H,3,8-11H2,1-2H3/t15-/m1/s1. The summed E-state index contributed by atoms with van der Waals surface area (Å²) in [6, 6.07) is 6.64. The summed E-state index contributed by atoms with van der Waals surface area (Å²) in [6.07, 6.45) is 0.558. The van der Waals surface area contributed by atoms with Crippen molar-refractivity contribution >= 4 is 23.4 Å². The van der Waals surface area contributed by atoms with Crippen LogP contribution in [0.1, 0.15) is 26.3 Å². The summed E-state index contributed by atoms with van der Waals surface area (Å²) >= 11 is 5.90. The first-order chi connectivity index (χ1) is 12.5. The molecule has 9 heteroatoms. The van der Waals surface area contributed by atoms with E-state index in [2.05, 4.69) is 15.4 Å². The van der Waals surface area contributed by atoms with E-state index in [0.29, 0.717) is 43.4 Å². The Hall–Kier alpha value is -2.48. The second-order valence-corrected chi connectivity index (χ2v) is 6.63. The molecule has 1 fully saturated rings. The molecule has 2 heterocycles. The van der Waals surface area contributed by atoms with Gasteiger partial charge in [0, 0.05) is 43.7 Å². The van der Waals surface area contributed by atoms with E-state index in [1.165, 1.54) is 4.80 Å². The number of hydrogen-bond acceptors (Lipinski definition) is 5. The minimum Gasteiger partial charge on any atom is -0.339 e. The number of hydrogen-bond donors (Lipinski definition) is 0. The molecule has 138 valence electrons. The molecular formula is C17H21ClN6O2. The third kappa shape index (κ3) is 3.85. The normalized spacial score (nSPS) is 15.8. The second kappa shape index (κ2) is 7.82. The summed E-state index contributed by atoms with van der Waals surface area (Å²) in [5, 5.41) is 13.2. The van der Waals surface area contributed by atoms with Crippen LogP contribution in [0.15, 0.2) is 24.3 Å². The lowest BCUT2D eigenvalue weighted by atomic mass is 10.2. The molecule has 1 aromatic heterocycles. The maximum Gasteiger partial charge on any atom is 0.249 e. The molecule has 0 bridgehead atoms. The van der Waals surface area contributed by atoms with E-state index in [4.69, 9.17) is 11.6 Å². The molecule has 1 aliphatic heterocycles. The highest BCUT2D eigenvalue weighted by Gasteiger charge is 2.30. The maximum absolute atomic E-state index is 12.9. The van der Waals surface area contributed by atoms with Crippen molar-refractivity contribution in [1.82, 2.24) is 30.0 Å². The van der Waals surface area contributed by atoms with Crippen LogP contribution in [0.25, 0.3) is 11.4 Å². The summed E-state index contributed by atoms with van der Waals surface area (Å²) in [7, 11) is 0. The number of tetrazole rings is 1. The van der Waals surface area contributed by atoms with Crippen molar-refractivity contribution in [1.29, 1.82) is 0 Å². The molecule has 1 atom stereocenters. The summed E-state index contributed by atoms with van der Waals surface area (Å²) < 4.78 is 0. The number of rotatable bonds is 4. The van der Waals surface area contributed by atoms with Crippen molar-refractivity contribution in [2.24, 2.45) is 0 Å². The average Bonchev–Trinajstić information content (AvgIpc) is 3.12. The molecule has 0 aliphatic carbocycles. The molecule has 0 spiro atoms. The van der Waals surface area contributed by atoms with Crippen molar-refractivity contribution in [3.05, 3.63) is 29.3 Å². The highest BCUT2D eigenvalue weighted by Crippen LogP contribution is 2.20. The molecule has 3 rings (SSSR count). The minimum absolute atomic E-state index is 0.0367. The van der Waals surface area contributed by atoms with Gasteiger partial charge in [-0.1, -0.05) is 18.5 Å². The summed E-state index contributed by atoms with van der Waals surface area (Å²) in [6.45, 7) is 5.61. The smallest absolute Gasteiger partial charge is 0.249 e. The van der Waals surface area contributed by atoms with Gasteiger partial charge in [0.25, 0.3) is 0 Å². The van der Waals surface area contributed by atoms with Crippen LogP contribution in [0.2, 0.25) is 5.02 Å². The van der Waals surface area contributed by atoms with Crippen molar-refractivity contribution in [3.63, 3.8) is 0 Å². The number of piperazine rings is 1. The Balaban J connectivity index is 1.72. The third-order valence-corrected chi connectivity index (χ3v) is 4.77. The zero-order valence-electron chi connectivity index (χ0n) is 14.8. The van der Waals surface area contributed by atoms with Crippen LogP contribution in [0.4, 0.5) is 0 Å². The van der Waals surface area contributed by atoms with E-state index in [-0.39, 0.29) is 11.8 Å². The van der Waals surface area contributed by atoms with Gasteiger partial charge in [-0.3, -0.25) is 9.59 Å². The van der Waals surface area contributed by atoms with Gasteiger partial charge in [0.2, 0.25) is 17.6 Å². The molecule has 8 nitrogen and oxygen atoms in total. The molecule has 0 unspecified atom stereocenters. The fourth-order valence-corrected chi connectivity index (χ4v) is 3.09. The first-order valence-electron chi connectivity index (χ1n) is 8.59. The van der Waals surface area contributed by atoms with Crippen LogP contribution in [0, 0.1) is 0 Å². The Kier molecular flexibility index (Phi) is 5.51. The number of halogens is 1. The Labute approximate surface area is 156 Å². The lowest BCUT2D eigenvalue weighted by Crippen LogP contribution is -2.51. The molecular weight excluding hydrogens is 356 g/mol. The highest BCUT2D eigenvalue weighted by atomic mass is 35.5. The highest BCUT2D eigenvalue weighted by molar-refractivity contribution is 6.30. The number of nitrogens with zero attached hydrogens (tertiary/aromatic N) is 6. The van der Waals surface area contributed by atoms with Gasteiger partial charge >= 0.3 is 0 Å². The Morgan fingerprint density at radius 1 is 1.12 bits per heavy atom. The summed E-state index contributed by atoms with van der Waals surface area (Å²) in [5.41, 5.74) is 0.790. The predicted octanol–water partition coefficient (Wildman–Crippen LogP) is 1.64. The Morgan fingerprint density at radius 3 is 2.31 bits per heavy atom. The number of amides is 2. The van der Waals surface area contributed by atoms with Gasteiger partial charge in [-0.2, -0.15) is 4.80 Å². The zero-order chi connectivity index (χ0) is 18.7. The van der Waals surface area contributed by atoms with Gasteiger partial charge in [0.05, 0.1) is 0 Å². The van der Waals surface area contributed by atoms with Crippen LogP contribution < -0.4 is 0 Å². The van der Waals surface area contributed by atoms with Crippen molar-refractivity contribution in [2.45, 2.75) is 26.3 Å². The minimum atomic E-state index is -0.507. The molecule has 1 saturated heterocycles. The fraction of sp³-hybridized carbons (Fsp3) is 0.471. The van der Waals surface area contributed by atoms with E-state index < -0.39 is 6.04 Å².